The van der Waals surface area contributed by atoms with E-state index in [0.717, 1.165) is 48.2 Å². The highest BCUT2D eigenvalue weighted by molar-refractivity contribution is 7.98. The number of nitrogens with zero attached hydrogens (tertiary/aromatic N) is 7. The van der Waals surface area contributed by atoms with Crippen molar-refractivity contribution in [3.05, 3.63) is 157 Å². The van der Waals surface area contributed by atoms with Gasteiger partial charge in [-0.05, 0) is 109 Å². The average Bonchev–Trinajstić information content (AvgIpc) is 4.04. The summed E-state index contributed by atoms with van der Waals surface area (Å²) in [5, 5.41) is 25.6. The summed E-state index contributed by atoms with van der Waals surface area (Å²) in [6.07, 6.45) is 0.896. The molecule has 3 heterocycles. The number of nitro groups is 1. The Morgan fingerprint density at radius 2 is 1.66 bits per heavy atom. The third-order valence-corrected chi connectivity index (χ3v) is 21.0. The molecule has 0 aliphatic rings. The van der Waals surface area contributed by atoms with Crippen LogP contribution in [0, 0.1) is 24.0 Å². The second kappa shape index (κ2) is 23.0. The van der Waals surface area contributed by atoms with Gasteiger partial charge in [0.15, 0.2) is 8.32 Å². The Hall–Kier alpha value is -6.48. The number of anilines is 1. The van der Waals surface area contributed by atoms with Crippen LogP contribution in [0.4, 0.5) is 11.4 Å². The Bertz CT molecular complexity index is 3500. The summed E-state index contributed by atoms with van der Waals surface area (Å²) >= 11 is 6.04. The van der Waals surface area contributed by atoms with Crippen LogP contribution in [0.3, 0.4) is 0 Å². The Morgan fingerprint density at radius 3 is 2.34 bits per heavy atom. The molecule has 0 bridgehead atoms. The smallest absolute Gasteiger partial charge is 0.354 e. The zero-order valence-corrected chi connectivity index (χ0v) is 48.1. The number of hydrogen-bond donors (Lipinski definition) is 1. The molecule has 76 heavy (non-hydrogen) atoms. The van der Waals surface area contributed by atoms with Crippen LogP contribution in [0.5, 0.6) is 11.5 Å². The van der Waals surface area contributed by atoms with Gasteiger partial charge in [-0.25, -0.2) is 9.00 Å². The quantitative estimate of drug-likeness (QED) is 0.0137. The first-order chi connectivity index (χ1) is 36.1. The number of carbonyl (C=O) groups excluding carboxylic acids is 1. The van der Waals surface area contributed by atoms with Crippen molar-refractivity contribution in [2.75, 3.05) is 25.1 Å². The van der Waals surface area contributed by atoms with E-state index in [9.17, 15) is 23.7 Å². The standard InChI is InChI=1S/C56H64ClN7O9S2Si/c1-35-51-48(62(54(35)55(65)71-9)25-14-26-73-76(10,11)56(3,4)5)24-22-45(57)53(51)52-36(2)60(6)59-46(52)32-63(75(68)69)47-23-19-38(28-49(47)64(66)67)27-40-30-41(61(7)58-40)34-74-43-29-39-15-12-13-16-44(39)50(31-43)72-33-37-17-20-42(70-8)21-18-37/h12-13,15-24,28-31H,14,25-27,32-34H2,1-11H3,(H,68,69). The van der Waals surface area contributed by atoms with Crippen molar-refractivity contribution in [3.8, 4) is 22.6 Å². The third kappa shape index (κ3) is 11.7. The van der Waals surface area contributed by atoms with Crippen molar-refractivity contribution in [2.45, 2.75) is 95.9 Å². The van der Waals surface area contributed by atoms with E-state index in [1.54, 1.807) is 42.7 Å². The lowest BCUT2D eigenvalue weighted by Crippen LogP contribution is -2.41. The molecule has 0 aliphatic heterocycles. The Balaban J connectivity index is 1.04. The van der Waals surface area contributed by atoms with Crippen LogP contribution in [0.25, 0.3) is 32.8 Å². The fraction of sp³-hybridized carbons (Fsp3) is 0.339. The van der Waals surface area contributed by atoms with Gasteiger partial charge in [0.2, 0.25) is 0 Å². The Morgan fingerprint density at radius 1 is 0.934 bits per heavy atom. The summed E-state index contributed by atoms with van der Waals surface area (Å²) < 4.78 is 54.2. The number of hydrogen-bond acceptors (Lipinski definition) is 11. The molecular formula is C56H64ClN7O9S2Si. The normalized spacial score (nSPS) is 12.4. The van der Waals surface area contributed by atoms with Gasteiger partial charge in [0.05, 0.1) is 37.1 Å². The molecule has 8 aromatic rings. The minimum absolute atomic E-state index is 0.0355. The van der Waals surface area contributed by atoms with Gasteiger partial charge in [-0.3, -0.25) is 28.3 Å². The van der Waals surface area contributed by atoms with Crippen molar-refractivity contribution in [1.29, 1.82) is 0 Å². The molecule has 0 fully saturated rings. The topological polar surface area (TPSA) is 178 Å². The molecule has 3 aromatic heterocycles. The molecule has 0 spiro atoms. The third-order valence-electron chi connectivity index (χ3n) is 14.4. The van der Waals surface area contributed by atoms with E-state index in [0.29, 0.717) is 87.4 Å². The van der Waals surface area contributed by atoms with E-state index in [-0.39, 0.29) is 29.4 Å². The number of rotatable bonds is 21. The van der Waals surface area contributed by atoms with Gasteiger partial charge in [0.1, 0.15) is 29.5 Å². The number of fused-ring (bicyclic) bond motifs is 2. The molecule has 0 aliphatic carbocycles. The number of halogens is 1. The highest BCUT2D eigenvalue weighted by Crippen LogP contribution is 2.44. The Labute approximate surface area is 455 Å². The van der Waals surface area contributed by atoms with Crippen molar-refractivity contribution >= 4 is 82.0 Å². The number of thioether (sulfide) groups is 1. The Kier molecular flexibility index (Phi) is 16.9. The van der Waals surface area contributed by atoms with E-state index in [4.69, 9.17) is 40.4 Å². The van der Waals surface area contributed by atoms with Crippen LogP contribution >= 0.6 is 23.4 Å². The number of aromatic nitrogens is 5. The molecular weight excluding hydrogens is 1040 g/mol. The van der Waals surface area contributed by atoms with Crippen molar-refractivity contribution in [1.82, 2.24) is 24.1 Å². The number of esters is 1. The summed E-state index contributed by atoms with van der Waals surface area (Å²) in [7, 11) is 4.57. The van der Waals surface area contributed by atoms with Gasteiger partial charge in [-0.1, -0.05) is 74.8 Å². The second-order valence-electron chi connectivity index (χ2n) is 20.3. The summed E-state index contributed by atoms with van der Waals surface area (Å²) in [5.41, 5.74) is 6.69. The molecule has 20 heteroatoms. The molecule has 1 unspecified atom stereocenters. The number of aryl methyl sites for hydroxylation is 4. The number of nitro benzene ring substituents is 1. The zero-order valence-electron chi connectivity index (χ0n) is 44.7. The highest BCUT2D eigenvalue weighted by atomic mass is 35.5. The maximum absolute atomic E-state index is 13.6. The molecule has 0 radical (unpaired) electrons. The molecule has 0 amide bonds. The fourth-order valence-electron chi connectivity index (χ4n) is 9.22. The maximum atomic E-state index is 13.6. The molecule has 5 aromatic carbocycles. The minimum Gasteiger partial charge on any atom is -0.497 e. The van der Waals surface area contributed by atoms with Crippen molar-refractivity contribution < 1.29 is 37.1 Å². The first-order valence-electron chi connectivity index (χ1n) is 24.8. The molecule has 8 rings (SSSR count). The number of benzene rings is 5. The van der Waals surface area contributed by atoms with Crippen LogP contribution in [-0.2, 0) is 66.4 Å². The average molecular weight is 1110 g/mol. The molecule has 0 saturated heterocycles. The van der Waals surface area contributed by atoms with E-state index in [1.165, 1.54) is 19.2 Å². The number of carbonyl (C=O) groups is 1. The van der Waals surface area contributed by atoms with E-state index in [2.05, 4.69) is 52.1 Å². The van der Waals surface area contributed by atoms with E-state index < -0.39 is 30.5 Å². The molecule has 1 atom stereocenters. The van der Waals surface area contributed by atoms with E-state index in [1.807, 2.05) is 84.7 Å². The van der Waals surface area contributed by atoms with Gasteiger partial charge >= 0.3 is 5.97 Å². The van der Waals surface area contributed by atoms with Gasteiger partial charge in [-0.2, -0.15) is 10.2 Å². The summed E-state index contributed by atoms with van der Waals surface area (Å²) in [5.74, 6) is 1.64. The monoisotopic (exact) mass is 1110 g/mol. The lowest BCUT2D eigenvalue weighted by Gasteiger charge is -2.36. The first-order valence-corrected chi connectivity index (χ1v) is 30.1. The number of methoxy groups -OCH3 is 2. The molecule has 1 N–H and O–H groups in total. The summed E-state index contributed by atoms with van der Waals surface area (Å²) in [6.45, 7) is 15.7. The molecule has 400 valence electrons. The van der Waals surface area contributed by atoms with Gasteiger partial charge in [-0.15, -0.1) is 11.8 Å². The predicted octanol–water partition coefficient (Wildman–Crippen LogP) is 12.9. The summed E-state index contributed by atoms with van der Waals surface area (Å²) in [6, 6.07) is 30.3. The van der Waals surface area contributed by atoms with Crippen LogP contribution in [0.15, 0.2) is 102 Å². The predicted molar refractivity (Wildman–Crippen MR) is 305 cm³/mol. The first kappa shape index (κ1) is 55.7. The van der Waals surface area contributed by atoms with Gasteiger partial charge in [0, 0.05) is 94.2 Å². The van der Waals surface area contributed by atoms with Crippen LogP contribution in [0.1, 0.15) is 77.1 Å². The SMILES string of the molecule is COC(=O)c1c(C)c2c(-c3c(CN(c4ccc(Cc5cc(CSc6cc(OCc7ccc(OC)cc7)c7ccccc7c6)n(C)n5)cc4[N+](=O)[O-])S(=O)O)nn(C)c3C)c(Cl)ccc2n1CCCO[Si](C)(C)C(C)(C)C. The lowest BCUT2D eigenvalue weighted by molar-refractivity contribution is -0.384. The zero-order chi connectivity index (χ0) is 54.8. The molecule has 16 nitrogen and oxygen atoms in total. The fourth-order valence-corrected chi connectivity index (χ4v) is 12.1. The van der Waals surface area contributed by atoms with Crippen LogP contribution in [-0.4, -0.2) is 72.9 Å². The lowest BCUT2D eigenvalue weighted by atomic mass is 9.96. The van der Waals surface area contributed by atoms with Crippen molar-refractivity contribution in [2.24, 2.45) is 14.1 Å². The highest BCUT2D eigenvalue weighted by Gasteiger charge is 2.37. The molecule has 0 saturated carbocycles. The maximum Gasteiger partial charge on any atom is 0.354 e. The summed E-state index contributed by atoms with van der Waals surface area (Å²) in [4.78, 5) is 26.9. The van der Waals surface area contributed by atoms with Gasteiger partial charge in [0.25, 0.3) is 17.0 Å². The minimum atomic E-state index is -2.75. The van der Waals surface area contributed by atoms with Crippen LogP contribution < -0.4 is 13.8 Å². The van der Waals surface area contributed by atoms with Crippen LogP contribution in [0.2, 0.25) is 23.2 Å². The van der Waals surface area contributed by atoms with E-state index >= 15 is 0 Å². The second-order valence-corrected chi connectivity index (χ2v) is 27.4. The number of ether oxygens (including phenoxy) is 3. The van der Waals surface area contributed by atoms with Crippen molar-refractivity contribution in [3.63, 3.8) is 0 Å². The van der Waals surface area contributed by atoms with Gasteiger partial charge < -0.3 is 23.2 Å². The largest absolute Gasteiger partial charge is 0.497 e.